The van der Waals surface area contributed by atoms with Crippen molar-refractivity contribution in [2.75, 3.05) is 52.0 Å². The van der Waals surface area contributed by atoms with Gasteiger partial charge in [0.2, 0.25) is 0 Å². The molecule has 3 heterocycles. The summed E-state index contributed by atoms with van der Waals surface area (Å²) in [5, 5.41) is 6.31. The number of methoxy groups -OCH3 is 2. The van der Waals surface area contributed by atoms with Crippen molar-refractivity contribution in [2.24, 2.45) is 5.14 Å². The average Bonchev–Trinajstić information content (AvgIpc) is 3.47. The lowest BCUT2D eigenvalue weighted by Gasteiger charge is -2.34. The summed E-state index contributed by atoms with van der Waals surface area (Å²) in [6.07, 6.45) is 2.27. The molecule has 1 aromatic heterocycles. The highest BCUT2D eigenvalue weighted by molar-refractivity contribution is 7.97. The van der Waals surface area contributed by atoms with E-state index in [0.29, 0.717) is 49.5 Å². The van der Waals surface area contributed by atoms with E-state index in [0.717, 1.165) is 47.8 Å². The number of hydrogen-bond donors (Lipinski definition) is 1. The molecule has 0 aliphatic carbocycles. The molecule has 10 heteroatoms. The van der Waals surface area contributed by atoms with Gasteiger partial charge in [-0.05, 0) is 67.1 Å². The highest BCUT2D eigenvalue weighted by atomic mass is 32.2. The molecule has 2 N–H and O–H groups in total. The fourth-order valence-electron chi connectivity index (χ4n) is 5.14. The number of nitrogens with zero attached hydrogens (tertiary/aromatic N) is 3. The standard InChI is InChI=1S/C27H34N4O5S/c1-33-17-20-16-30(11-13-35-20)19-6-8-22-23(14-19)29-26(24-4-3-12-36-24)31(27(22)32)10-9-18-5-7-21(37-28)15-25(18)34-2/h5-8,14-15,20,24H,3-4,9-13,16-17,28H2,1-2H3. The van der Waals surface area contributed by atoms with Crippen LogP contribution in [0.5, 0.6) is 5.75 Å². The van der Waals surface area contributed by atoms with Crippen LogP contribution in [0.25, 0.3) is 10.9 Å². The van der Waals surface area contributed by atoms with Crippen molar-refractivity contribution < 1.29 is 18.9 Å². The molecule has 5 rings (SSSR count). The maximum Gasteiger partial charge on any atom is 0.261 e. The van der Waals surface area contributed by atoms with Crippen LogP contribution >= 0.6 is 11.9 Å². The largest absolute Gasteiger partial charge is 0.496 e. The zero-order chi connectivity index (χ0) is 25.8. The minimum atomic E-state index is -0.187. The second-order valence-corrected chi connectivity index (χ2v) is 10.1. The fourth-order valence-corrected chi connectivity index (χ4v) is 5.47. The van der Waals surface area contributed by atoms with Crippen LogP contribution in [0.3, 0.4) is 0 Å². The Labute approximate surface area is 221 Å². The first-order chi connectivity index (χ1) is 18.1. The lowest BCUT2D eigenvalue weighted by atomic mass is 10.1. The van der Waals surface area contributed by atoms with Crippen molar-refractivity contribution in [1.82, 2.24) is 9.55 Å². The molecule has 9 nitrogen and oxygen atoms in total. The van der Waals surface area contributed by atoms with E-state index in [4.69, 9.17) is 29.1 Å². The van der Waals surface area contributed by atoms with E-state index in [9.17, 15) is 4.79 Å². The molecule has 2 saturated heterocycles. The normalized spacial score (nSPS) is 20.0. The minimum absolute atomic E-state index is 0.0207. The second-order valence-electron chi connectivity index (χ2n) is 9.37. The van der Waals surface area contributed by atoms with Crippen molar-refractivity contribution in [1.29, 1.82) is 0 Å². The number of rotatable bonds is 9. The number of nitrogens with two attached hydrogens (primary N) is 1. The van der Waals surface area contributed by atoms with Gasteiger partial charge in [-0.3, -0.25) is 14.5 Å². The number of hydrogen-bond acceptors (Lipinski definition) is 9. The van der Waals surface area contributed by atoms with E-state index in [1.165, 1.54) is 11.9 Å². The van der Waals surface area contributed by atoms with E-state index >= 15 is 0 Å². The van der Waals surface area contributed by atoms with Gasteiger partial charge in [0.15, 0.2) is 0 Å². The van der Waals surface area contributed by atoms with E-state index in [1.807, 2.05) is 36.4 Å². The summed E-state index contributed by atoms with van der Waals surface area (Å²) in [4.78, 5) is 22.0. The van der Waals surface area contributed by atoms with Gasteiger partial charge in [0.05, 0.1) is 37.3 Å². The lowest BCUT2D eigenvalue weighted by Crippen LogP contribution is -2.44. The number of fused-ring (bicyclic) bond motifs is 1. The van der Waals surface area contributed by atoms with Crippen LogP contribution in [0, 0.1) is 0 Å². The van der Waals surface area contributed by atoms with Crippen molar-refractivity contribution in [3.8, 4) is 5.75 Å². The summed E-state index contributed by atoms with van der Waals surface area (Å²) in [5.74, 6) is 1.46. The predicted molar refractivity (Wildman–Crippen MR) is 145 cm³/mol. The van der Waals surface area contributed by atoms with Crippen molar-refractivity contribution in [2.45, 2.75) is 42.9 Å². The average molecular weight is 527 g/mol. The van der Waals surface area contributed by atoms with Gasteiger partial charge >= 0.3 is 0 Å². The Morgan fingerprint density at radius 3 is 2.81 bits per heavy atom. The number of ether oxygens (including phenoxy) is 4. The summed E-state index contributed by atoms with van der Waals surface area (Å²) in [7, 11) is 3.33. The van der Waals surface area contributed by atoms with Gasteiger partial charge in [-0.2, -0.15) is 0 Å². The third-order valence-corrected chi connectivity index (χ3v) is 7.57. The SMILES string of the molecule is COCC1CN(c2ccc3c(=O)n(CCc4ccc(SN)cc4OC)c(C4CCCO4)nc3c2)CCO1. The number of benzene rings is 2. The van der Waals surface area contributed by atoms with Crippen molar-refractivity contribution in [3.05, 3.63) is 58.1 Å². The lowest BCUT2D eigenvalue weighted by molar-refractivity contribution is -0.0100. The Kier molecular flexibility index (Phi) is 8.31. The Hall–Kier alpha value is -2.63. The number of aryl methyl sites for hydroxylation is 1. The highest BCUT2D eigenvalue weighted by Gasteiger charge is 2.26. The first-order valence-electron chi connectivity index (χ1n) is 12.7. The second kappa shape index (κ2) is 11.8. The van der Waals surface area contributed by atoms with Crippen LogP contribution < -0.4 is 20.3 Å². The van der Waals surface area contributed by atoms with E-state index in [1.54, 1.807) is 18.8 Å². The quantitative estimate of drug-likeness (QED) is 0.421. The van der Waals surface area contributed by atoms with Crippen LogP contribution in [0.4, 0.5) is 5.69 Å². The van der Waals surface area contributed by atoms with Crippen LogP contribution in [-0.2, 0) is 27.2 Å². The third kappa shape index (κ3) is 5.63. The maximum atomic E-state index is 13.8. The molecule has 0 saturated carbocycles. The summed E-state index contributed by atoms with van der Waals surface area (Å²) >= 11 is 1.18. The molecule has 2 fully saturated rings. The first kappa shape index (κ1) is 26.0. The number of morpholine rings is 1. The first-order valence-corrected chi connectivity index (χ1v) is 13.5. The zero-order valence-electron chi connectivity index (χ0n) is 21.4. The Morgan fingerprint density at radius 2 is 2.05 bits per heavy atom. The molecule has 198 valence electrons. The van der Waals surface area contributed by atoms with Crippen LogP contribution in [-0.4, -0.2) is 62.8 Å². The van der Waals surface area contributed by atoms with Gasteiger partial charge in [0, 0.05) is 43.9 Å². The van der Waals surface area contributed by atoms with Gasteiger partial charge in [-0.25, -0.2) is 4.98 Å². The number of aromatic nitrogens is 2. The fraction of sp³-hybridized carbons (Fsp3) is 0.481. The molecule has 0 bridgehead atoms. The third-order valence-electron chi connectivity index (χ3n) is 7.04. The molecule has 3 aromatic rings. The zero-order valence-corrected chi connectivity index (χ0v) is 22.2. The molecule has 0 radical (unpaired) electrons. The minimum Gasteiger partial charge on any atom is -0.496 e. The molecule has 2 unspecified atom stereocenters. The Bertz CT molecular complexity index is 1290. The van der Waals surface area contributed by atoms with Gasteiger partial charge in [-0.15, -0.1) is 0 Å². The smallest absolute Gasteiger partial charge is 0.261 e. The van der Waals surface area contributed by atoms with Crippen LogP contribution in [0.1, 0.15) is 30.3 Å². The highest BCUT2D eigenvalue weighted by Crippen LogP contribution is 2.30. The molecule has 2 aromatic carbocycles. The molecule has 0 amide bonds. The molecule has 2 atom stereocenters. The Morgan fingerprint density at radius 1 is 1.16 bits per heavy atom. The monoisotopic (exact) mass is 526 g/mol. The van der Waals surface area contributed by atoms with Gasteiger partial charge in [0.1, 0.15) is 17.7 Å². The topological polar surface area (TPSA) is 101 Å². The molecule has 2 aliphatic rings. The molecular formula is C27H34N4O5S. The predicted octanol–water partition coefficient (Wildman–Crippen LogP) is 3.32. The van der Waals surface area contributed by atoms with Gasteiger partial charge in [0.25, 0.3) is 5.56 Å². The summed E-state index contributed by atoms with van der Waals surface area (Å²) in [5.41, 5.74) is 2.69. The summed E-state index contributed by atoms with van der Waals surface area (Å²) in [6, 6.07) is 11.8. The van der Waals surface area contributed by atoms with Crippen molar-refractivity contribution >= 4 is 28.5 Å². The van der Waals surface area contributed by atoms with E-state index in [-0.39, 0.29) is 17.8 Å². The summed E-state index contributed by atoms with van der Waals surface area (Å²) < 4.78 is 24.4. The Balaban J connectivity index is 1.48. The van der Waals surface area contributed by atoms with Crippen LogP contribution in [0.2, 0.25) is 0 Å². The number of anilines is 1. The van der Waals surface area contributed by atoms with Gasteiger partial charge < -0.3 is 23.8 Å². The van der Waals surface area contributed by atoms with Crippen molar-refractivity contribution in [3.63, 3.8) is 0 Å². The van der Waals surface area contributed by atoms with E-state index < -0.39 is 0 Å². The maximum absolute atomic E-state index is 13.8. The molecule has 37 heavy (non-hydrogen) atoms. The van der Waals surface area contributed by atoms with Crippen LogP contribution in [0.15, 0.2) is 46.1 Å². The molecule has 0 spiro atoms. The summed E-state index contributed by atoms with van der Waals surface area (Å²) in [6.45, 7) is 3.86. The molecule has 2 aliphatic heterocycles. The van der Waals surface area contributed by atoms with Gasteiger partial charge in [-0.1, -0.05) is 6.07 Å². The van der Waals surface area contributed by atoms with E-state index in [2.05, 4.69) is 4.90 Å². The molecular weight excluding hydrogens is 492 g/mol.